The highest BCUT2D eigenvalue weighted by molar-refractivity contribution is 7.98. The third kappa shape index (κ3) is 7.38. The zero-order chi connectivity index (χ0) is 15.5. The molecular weight excluding hydrogens is 284 g/mol. The van der Waals surface area contributed by atoms with Crippen LogP contribution in [0.25, 0.3) is 0 Å². The number of hydrogen-bond donors (Lipinski definition) is 2. The number of nitrogens with zero attached hydrogens (tertiary/aromatic N) is 2. The lowest BCUT2D eigenvalue weighted by Gasteiger charge is -2.38. The second-order valence-corrected chi connectivity index (χ2v) is 6.58. The van der Waals surface area contributed by atoms with E-state index >= 15 is 0 Å². The van der Waals surface area contributed by atoms with Crippen molar-refractivity contribution < 1.29 is 4.74 Å². The topological polar surface area (TPSA) is 48.9 Å². The summed E-state index contributed by atoms with van der Waals surface area (Å²) in [6.45, 7) is 9.10. The summed E-state index contributed by atoms with van der Waals surface area (Å²) in [5.41, 5.74) is 0. The van der Waals surface area contributed by atoms with Gasteiger partial charge in [-0.15, -0.1) is 0 Å². The van der Waals surface area contributed by atoms with E-state index < -0.39 is 0 Å². The Bertz CT molecular complexity index is 301. The zero-order valence-electron chi connectivity index (χ0n) is 14.0. The van der Waals surface area contributed by atoms with E-state index in [1.165, 1.54) is 18.6 Å². The molecule has 0 saturated carbocycles. The summed E-state index contributed by atoms with van der Waals surface area (Å²) in [6.07, 6.45) is 4.60. The Hall–Kier alpha value is -0.460. The van der Waals surface area contributed by atoms with E-state index in [1.54, 1.807) is 0 Å². The van der Waals surface area contributed by atoms with Crippen LogP contribution in [0.2, 0.25) is 0 Å². The quantitative estimate of drug-likeness (QED) is 0.403. The number of unbranched alkanes of at least 4 members (excludes halogenated alkanes) is 1. The minimum Gasteiger partial charge on any atom is -0.379 e. The molecule has 6 heteroatoms. The van der Waals surface area contributed by atoms with Crippen LogP contribution in [0.15, 0.2) is 4.99 Å². The van der Waals surface area contributed by atoms with Crippen molar-refractivity contribution in [2.45, 2.75) is 38.8 Å². The van der Waals surface area contributed by atoms with Crippen LogP contribution in [0.5, 0.6) is 0 Å². The van der Waals surface area contributed by atoms with Gasteiger partial charge in [0.15, 0.2) is 5.96 Å². The third-order valence-electron chi connectivity index (χ3n) is 3.84. The molecule has 0 radical (unpaired) electrons. The molecule has 0 bridgehead atoms. The van der Waals surface area contributed by atoms with Gasteiger partial charge in [-0.3, -0.25) is 9.89 Å². The van der Waals surface area contributed by atoms with Gasteiger partial charge in [0.2, 0.25) is 0 Å². The van der Waals surface area contributed by atoms with Crippen LogP contribution >= 0.6 is 11.8 Å². The first-order chi connectivity index (χ1) is 10.2. The summed E-state index contributed by atoms with van der Waals surface area (Å²) in [4.78, 5) is 6.79. The highest BCUT2D eigenvalue weighted by atomic mass is 32.2. The van der Waals surface area contributed by atoms with Gasteiger partial charge in [0.05, 0.1) is 13.2 Å². The molecule has 2 N–H and O–H groups in total. The number of guanidine groups is 1. The molecule has 0 amide bonds. The summed E-state index contributed by atoms with van der Waals surface area (Å²) in [6, 6.07) is 0.982. The average molecular weight is 317 g/mol. The van der Waals surface area contributed by atoms with E-state index in [1.807, 2.05) is 18.8 Å². The maximum Gasteiger partial charge on any atom is 0.191 e. The van der Waals surface area contributed by atoms with E-state index in [0.717, 1.165) is 38.8 Å². The Morgan fingerprint density at radius 3 is 2.90 bits per heavy atom. The lowest BCUT2D eigenvalue weighted by atomic mass is 10.2. The van der Waals surface area contributed by atoms with Crippen molar-refractivity contribution in [3.05, 3.63) is 0 Å². The molecule has 124 valence electrons. The van der Waals surface area contributed by atoms with Crippen LogP contribution in [0.1, 0.15) is 26.7 Å². The fourth-order valence-electron chi connectivity index (χ4n) is 2.56. The van der Waals surface area contributed by atoms with Crippen LogP contribution in [0.4, 0.5) is 0 Å². The summed E-state index contributed by atoms with van der Waals surface area (Å²) < 4.78 is 5.49. The maximum atomic E-state index is 5.49. The summed E-state index contributed by atoms with van der Waals surface area (Å²) in [5, 5.41) is 6.81. The van der Waals surface area contributed by atoms with Gasteiger partial charge in [0, 0.05) is 38.8 Å². The van der Waals surface area contributed by atoms with Crippen molar-refractivity contribution in [1.82, 2.24) is 15.5 Å². The van der Waals surface area contributed by atoms with Gasteiger partial charge < -0.3 is 15.4 Å². The van der Waals surface area contributed by atoms with Crippen LogP contribution in [-0.4, -0.2) is 74.8 Å². The zero-order valence-corrected chi connectivity index (χ0v) is 14.8. The smallest absolute Gasteiger partial charge is 0.191 e. The first kappa shape index (κ1) is 18.6. The van der Waals surface area contributed by atoms with Gasteiger partial charge in [-0.05, 0) is 38.7 Å². The van der Waals surface area contributed by atoms with Gasteiger partial charge in [0.1, 0.15) is 0 Å². The highest BCUT2D eigenvalue weighted by Crippen LogP contribution is 2.09. The molecule has 1 aliphatic rings. The van der Waals surface area contributed by atoms with Gasteiger partial charge in [-0.2, -0.15) is 11.8 Å². The monoisotopic (exact) mass is 316 g/mol. The maximum absolute atomic E-state index is 5.49. The summed E-state index contributed by atoms with van der Waals surface area (Å²) in [7, 11) is 1.83. The predicted octanol–water partition coefficient (Wildman–Crippen LogP) is 1.40. The molecule has 0 spiro atoms. The molecule has 1 fully saturated rings. The number of rotatable bonds is 8. The molecule has 0 aliphatic carbocycles. The Kier molecular flexibility index (Phi) is 9.87. The molecule has 2 unspecified atom stereocenters. The van der Waals surface area contributed by atoms with Gasteiger partial charge in [-0.1, -0.05) is 0 Å². The van der Waals surface area contributed by atoms with Gasteiger partial charge >= 0.3 is 0 Å². The van der Waals surface area contributed by atoms with Crippen LogP contribution in [0, 0.1) is 0 Å². The molecular formula is C15H32N4OS. The van der Waals surface area contributed by atoms with E-state index in [9.17, 15) is 0 Å². The molecule has 0 aromatic heterocycles. The second kappa shape index (κ2) is 11.2. The normalized spacial score (nSPS) is 22.1. The molecule has 1 rings (SSSR count). The SMILES string of the molecule is CN=C(NCCCCSC)NCC(C)N1CCOCC1C. The van der Waals surface area contributed by atoms with E-state index in [2.05, 4.69) is 40.6 Å². The van der Waals surface area contributed by atoms with E-state index in [-0.39, 0.29) is 0 Å². The predicted molar refractivity (Wildman–Crippen MR) is 93.4 cm³/mol. The van der Waals surface area contributed by atoms with Crippen LogP contribution < -0.4 is 10.6 Å². The highest BCUT2D eigenvalue weighted by Gasteiger charge is 2.23. The molecule has 1 aliphatic heterocycles. The van der Waals surface area contributed by atoms with E-state index in [0.29, 0.717) is 12.1 Å². The first-order valence-corrected chi connectivity index (χ1v) is 9.35. The van der Waals surface area contributed by atoms with Crippen LogP contribution in [-0.2, 0) is 4.74 Å². The second-order valence-electron chi connectivity index (χ2n) is 5.59. The Labute approximate surface area is 134 Å². The fraction of sp³-hybridized carbons (Fsp3) is 0.933. The van der Waals surface area contributed by atoms with Crippen molar-refractivity contribution in [2.24, 2.45) is 4.99 Å². The minimum absolute atomic E-state index is 0.485. The summed E-state index contributed by atoms with van der Waals surface area (Å²) >= 11 is 1.91. The minimum atomic E-state index is 0.485. The number of ether oxygens (including phenoxy) is 1. The number of thioether (sulfide) groups is 1. The molecule has 0 aromatic rings. The molecule has 0 aromatic carbocycles. The number of hydrogen-bond acceptors (Lipinski definition) is 4. The van der Waals surface area contributed by atoms with Crippen molar-refractivity contribution >= 4 is 17.7 Å². The molecule has 1 heterocycles. The van der Waals surface area contributed by atoms with Gasteiger partial charge in [0.25, 0.3) is 0 Å². The van der Waals surface area contributed by atoms with Crippen molar-refractivity contribution in [3.63, 3.8) is 0 Å². The van der Waals surface area contributed by atoms with E-state index in [4.69, 9.17) is 4.74 Å². The number of morpholine rings is 1. The molecule has 21 heavy (non-hydrogen) atoms. The van der Waals surface area contributed by atoms with Crippen molar-refractivity contribution in [2.75, 3.05) is 51.9 Å². The third-order valence-corrected chi connectivity index (χ3v) is 4.54. The Morgan fingerprint density at radius 2 is 2.24 bits per heavy atom. The lowest BCUT2D eigenvalue weighted by molar-refractivity contribution is -0.0174. The molecule has 5 nitrogen and oxygen atoms in total. The largest absolute Gasteiger partial charge is 0.379 e. The molecule has 2 atom stereocenters. The number of aliphatic imine (C=N–C) groups is 1. The van der Waals surface area contributed by atoms with Crippen LogP contribution in [0.3, 0.4) is 0 Å². The number of nitrogens with one attached hydrogen (secondary N) is 2. The standard InChI is InChI=1S/C15H32N4OS/c1-13(19-8-9-20-12-14(19)2)11-18-15(16-3)17-7-5-6-10-21-4/h13-14H,5-12H2,1-4H3,(H2,16,17,18). The molecule has 1 saturated heterocycles. The van der Waals surface area contributed by atoms with Crippen molar-refractivity contribution in [1.29, 1.82) is 0 Å². The lowest BCUT2D eigenvalue weighted by Crippen LogP contribution is -2.53. The Morgan fingerprint density at radius 1 is 1.43 bits per heavy atom. The first-order valence-electron chi connectivity index (χ1n) is 7.96. The summed E-state index contributed by atoms with van der Waals surface area (Å²) in [5.74, 6) is 2.14. The fourth-order valence-corrected chi connectivity index (χ4v) is 3.05. The Balaban J connectivity index is 2.21. The van der Waals surface area contributed by atoms with Crippen molar-refractivity contribution in [3.8, 4) is 0 Å². The van der Waals surface area contributed by atoms with Gasteiger partial charge in [-0.25, -0.2) is 0 Å². The average Bonchev–Trinajstić information content (AvgIpc) is 2.50.